The first-order valence-corrected chi connectivity index (χ1v) is 10.3. The van der Waals surface area contributed by atoms with Crippen molar-refractivity contribution in [2.24, 2.45) is 0 Å². The van der Waals surface area contributed by atoms with Crippen LogP contribution >= 0.6 is 35.1 Å². The van der Waals surface area contributed by atoms with Crippen LogP contribution in [0.1, 0.15) is 16.6 Å². The van der Waals surface area contributed by atoms with Crippen molar-refractivity contribution in [2.45, 2.75) is 6.92 Å². The van der Waals surface area contributed by atoms with E-state index in [9.17, 15) is 14.9 Å². The Hall–Kier alpha value is -2.27. The Labute approximate surface area is 182 Å². The highest BCUT2D eigenvalue weighted by Gasteiger charge is 2.25. The van der Waals surface area contributed by atoms with E-state index in [0.29, 0.717) is 41.0 Å². The van der Waals surface area contributed by atoms with Crippen LogP contribution in [-0.2, 0) is 0 Å². The van der Waals surface area contributed by atoms with Crippen molar-refractivity contribution < 1.29 is 14.5 Å². The molecule has 8 nitrogen and oxygen atoms in total. The summed E-state index contributed by atoms with van der Waals surface area (Å²) in [6, 6.07) is 8.53. The number of fused-ring (bicyclic) bond motifs is 1. The van der Waals surface area contributed by atoms with Gasteiger partial charge in [0.15, 0.2) is 5.13 Å². The monoisotopic (exact) mass is 456 g/mol. The molecular weight excluding hydrogens is 436 g/mol. The number of carbonyl (C=O) groups is 1. The van der Waals surface area contributed by atoms with E-state index in [-0.39, 0.29) is 23.3 Å². The van der Waals surface area contributed by atoms with Gasteiger partial charge in [0, 0.05) is 19.2 Å². The molecule has 1 amide bonds. The van der Waals surface area contributed by atoms with Crippen LogP contribution in [-0.4, -0.2) is 54.5 Å². The van der Waals surface area contributed by atoms with Crippen molar-refractivity contribution in [3.63, 3.8) is 0 Å². The maximum Gasteiger partial charge on any atom is 0.324 e. The molecule has 0 saturated carbocycles. The average Bonchev–Trinajstić information content (AvgIpc) is 3.29. The van der Waals surface area contributed by atoms with E-state index in [1.807, 2.05) is 44.1 Å². The molecule has 0 spiro atoms. The number of thiophene rings is 1. The highest BCUT2D eigenvalue weighted by Crippen LogP contribution is 2.35. The van der Waals surface area contributed by atoms with Gasteiger partial charge in [-0.15, -0.1) is 12.4 Å². The van der Waals surface area contributed by atoms with Gasteiger partial charge in [-0.05, 0) is 39.2 Å². The number of carbonyl (C=O) groups excluding carboxylic acids is 1. The Morgan fingerprint density at radius 3 is 2.59 bits per heavy atom. The largest absolute Gasteiger partial charge is 0.492 e. The lowest BCUT2D eigenvalue weighted by Crippen LogP contribution is -2.36. The third-order valence-corrected chi connectivity index (χ3v) is 5.97. The van der Waals surface area contributed by atoms with Crippen molar-refractivity contribution in [3.05, 3.63) is 45.3 Å². The lowest BCUT2D eigenvalue weighted by Gasteiger charge is -2.21. The molecule has 0 aliphatic heterocycles. The summed E-state index contributed by atoms with van der Waals surface area (Å²) in [7, 11) is 3.84. The normalized spacial score (nSPS) is 10.8. The topological polar surface area (TPSA) is 88.8 Å². The standard InChI is InChI=1S/C18H20N4O4S2.ClH/c1-4-26-12-6-5-7-13-16(12)19-18(28-13)21(11-10-20(2)3)17(23)14-8-9-15(27-14)22(24)25;/h5-9H,4,10-11H2,1-3H3;1H. The summed E-state index contributed by atoms with van der Waals surface area (Å²) in [5.74, 6) is 0.381. The summed E-state index contributed by atoms with van der Waals surface area (Å²) in [5.41, 5.74) is 0.712. The van der Waals surface area contributed by atoms with Gasteiger partial charge in [0.05, 0.1) is 21.1 Å². The maximum absolute atomic E-state index is 13.1. The van der Waals surface area contributed by atoms with Gasteiger partial charge < -0.3 is 9.64 Å². The third kappa shape index (κ3) is 5.21. The minimum absolute atomic E-state index is 0. The first-order chi connectivity index (χ1) is 13.4. The Morgan fingerprint density at radius 1 is 1.21 bits per heavy atom. The Balaban J connectivity index is 0.00000300. The van der Waals surface area contributed by atoms with Crippen LogP contribution in [0.15, 0.2) is 30.3 Å². The molecule has 11 heteroatoms. The van der Waals surface area contributed by atoms with Crippen LogP contribution in [0.2, 0.25) is 0 Å². The summed E-state index contributed by atoms with van der Waals surface area (Å²) in [5, 5.41) is 11.5. The summed E-state index contributed by atoms with van der Waals surface area (Å²) in [6.45, 7) is 3.48. The zero-order valence-corrected chi connectivity index (χ0v) is 18.6. The number of benzene rings is 1. The molecule has 0 saturated heterocycles. The minimum atomic E-state index is -0.488. The number of para-hydroxylation sites is 1. The van der Waals surface area contributed by atoms with E-state index in [4.69, 9.17) is 4.74 Å². The fourth-order valence-electron chi connectivity index (χ4n) is 2.56. The summed E-state index contributed by atoms with van der Waals surface area (Å²) < 4.78 is 6.56. The third-order valence-electron chi connectivity index (χ3n) is 3.90. The van der Waals surface area contributed by atoms with Gasteiger partial charge in [-0.2, -0.15) is 0 Å². The zero-order valence-electron chi connectivity index (χ0n) is 16.2. The number of hydrogen-bond acceptors (Lipinski definition) is 8. The quantitative estimate of drug-likeness (QED) is 0.371. The Kier molecular flexibility index (Phi) is 7.91. The molecular formula is C18H21ClN4O4S2. The van der Waals surface area contributed by atoms with E-state index in [1.54, 1.807) is 4.90 Å². The SMILES string of the molecule is CCOc1cccc2sc(N(CCN(C)C)C(=O)c3ccc([N+](=O)[O-])s3)nc12.Cl. The number of anilines is 1. The number of rotatable bonds is 8. The lowest BCUT2D eigenvalue weighted by molar-refractivity contribution is -0.380. The Bertz CT molecular complexity index is 1000. The second-order valence-electron chi connectivity index (χ2n) is 6.19. The highest BCUT2D eigenvalue weighted by atomic mass is 35.5. The van der Waals surface area contributed by atoms with Crippen LogP contribution in [0.4, 0.5) is 10.1 Å². The van der Waals surface area contributed by atoms with E-state index in [1.165, 1.54) is 23.5 Å². The van der Waals surface area contributed by atoms with E-state index in [2.05, 4.69) is 4.98 Å². The highest BCUT2D eigenvalue weighted by molar-refractivity contribution is 7.22. The molecule has 1 aromatic carbocycles. The van der Waals surface area contributed by atoms with Crippen LogP contribution in [0.5, 0.6) is 5.75 Å². The van der Waals surface area contributed by atoms with E-state index >= 15 is 0 Å². The van der Waals surface area contributed by atoms with Gasteiger partial charge in [-0.3, -0.25) is 19.8 Å². The molecule has 156 valence electrons. The minimum Gasteiger partial charge on any atom is -0.492 e. The molecule has 0 fully saturated rings. The molecule has 0 bridgehead atoms. The number of amides is 1. The number of likely N-dealkylation sites (N-methyl/N-ethyl adjacent to an activating group) is 1. The van der Waals surface area contributed by atoms with E-state index in [0.717, 1.165) is 16.0 Å². The van der Waals surface area contributed by atoms with Crippen molar-refractivity contribution in [3.8, 4) is 5.75 Å². The van der Waals surface area contributed by atoms with E-state index < -0.39 is 4.92 Å². The summed E-state index contributed by atoms with van der Waals surface area (Å²) in [4.78, 5) is 32.1. The van der Waals surface area contributed by atoms with Crippen molar-refractivity contribution in [1.82, 2.24) is 9.88 Å². The number of ether oxygens (including phenoxy) is 1. The van der Waals surface area contributed by atoms with Gasteiger partial charge in [0.2, 0.25) is 0 Å². The summed E-state index contributed by atoms with van der Waals surface area (Å²) >= 11 is 2.27. The fourth-order valence-corrected chi connectivity index (χ4v) is 4.33. The Morgan fingerprint density at radius 2 is 1.97 bits per heavy atom. The average molecular weight is 457 g/mol. The smallest absolute Gasteiger partial charge is 0.324 e. The number of thiazole rings is 1. The fraction of sp³-hybridized carbons (Fsp3) is 0.333. The van der Waals surface area contributed by atoms with Gasteiger partial charge in [0.25, 0.3) is 5.91 Å². The second kappa shape index (κ2) is 9.97. The van der Waals surface area contributed by atoms with Gasteiger partial charge in [-0.25, -0.2) is 4.98 Å². The second-order valence-corrected chi connectivity index (χ2v) is 8.26. The maximum atomic E-state index is 13.1. The van der Waals surface area contributed by atoms with Crippen molar-refractivity contribution >= 4 is 61.3 Å². The molecule has 3 aromatic rings. The first kappa shape index (κ1) is 23.0. The molecule has 2 heterocycles. The molecule has 0 unspecified atom stereocenters. The number of aromatic nitrogens is 1. The molecule has 0 radical (unpaired) electrons. The number of halogens is 1. The molecule has 0 N–H and O–H groups in total. The van der Waals surface area contributed by atoms with Crippen LogP contribution in [0.3, 0.4) is 0 Å². The predicted molar refractivity (Wildman–Crippen MR) is 119 cm³/mol. The van der Waals surface area contributed by atoms with Gasteiger partial charge in [0.1, 0.15) is 11.3 Å². The van der Waals surface area contributed by atoms with Crippen LogP contribution in [0.25, 0.3) is 10.2 Å². The molecule has 0 aliphatic carbocycles. The molecule has 29 heavy (non-hydrogen) atoms. The van der Waals surface area contributed by atoms with Crippen molar-refractivity contribution in [1.29, 1.82) is 0 Å². The molecule has 2 aromatic heterocycles. The van der Waals surface area contributed by atoms with Gasteiger partial charge >= 0.3 is 5.00 Å². The first-order valence-electron chi connectivity index (χ1n) is 8.64. The van der Waals surface area contributed by atoms with Crippen LogP contribution in [0, 0.1) is 10.1 Å². The van der Waals surface area contributed by atoms with Crippen LogP contribution < -0.4 is 9.64 Å². The predicted octanol–water partition coefficient (Wildman–Crippen LogP) is 4.29. The molecule has 3 rings (SSSR count). The van der Waals surface area contributed by atoms with Crippen molar-refractivity contribution in [2.75, 3.05) is 38.7 Å². The lowest BCUT2D eigenvalue weighted by atomic mass is 10.3. The number of nitro groups is 1. The number of nitrogens with zero attached hydrogens (tertiary/aromatic N) is 4. The molecule has 0 aliphatic rings. The zero-order chi connectivity index (χ0) is 20.3. The number of hydrogen-bond donors (Lipinski definition) is 0. The summed E-state index contributed by atoms with van der Waals surface area (Å²) in [6.07, 6.45) is 0. The van der Waals surface area contributed by atoms with Gasteiger partial charge in [-0.1, -0.05) is 28.7 Å². The molecule has 0 atom stereocenters.